The van der Waals surface area contributed by atoms with E-state index in [2.05, 4.69) is 60.4 Å². The molecular formula is C15H25IN2Si. The van der Waals surface area contributed by atoms with E-state index in [1.807, 2.05) is 0 Å². The third kappa shape index (κ3) is 3.15. The molecule has 0 N–H and O–H groups in total. The van der Waals surface area contributed by atoms with Crippen molar-refractivity contribution in [2.75, 3.05) is 18.0 Å². The summed E-state index contributed by atoms with van der Waals surface area (Å²) in [6.07, 6.45) is 2.68. The topological polar surface area (TPSA) is 16.1 Å². The fourth-order valence-corrected chi connectivity index (χ4v) is 7.41. The average Bonchev–Trinajstić information content (AvgIpc) is 2.95. The Morgan fingerprint density at radius 3 is 2.21 bits per heavy atom. The molecule has 1 saturated heterocycles. The first kappa shape index (κ1) is 15.3. The highest BCUT2D eigenvalue weighted by atomic mass is 127. The van der Waals surface area contributed by atoms with Gasteiger partial charge in [0.2, 0.25) is 0 Å². The zero-order valence-corrected chi connectivity index (χ0v) is 15.5. The molecule has 0 spiro atoms. The van der Waals surface area contributed by atoms with Crippen LogP contribution in [0.1, 0.15) is 33.6 Å². The molecule has 0 saturated carbocycles. The van der Waals surface area contributed by atoms with Crippen molar-refractivity contribution in [3.8, 4) is 0 Å². The van der Waals surface area contributed by atoms with Gasteiger partial charge in [0.1, 0.15) is 11.8 Å². The number of rotatable bonds is 5. The number of nitrogens with zero attached hydrogens (tertiary/aromatic N) is 2. The maximum atomic E-state index is 4.91. The van der Waals surface area contributed by atoms with E-state index in [1.165, 1.54) is 58.8 Å². The summed E-state index contributed by atoms with van der Waals surface area (Å²) in [5.41, 5.74) is 1.42. The van der Waals surface area contributed by atoms with E-state index in [0.29, 0.717) is 0 Å². The van der Waals surface area contributed by atoms with Gasteiger partial charge in [-0.25, -0.2) is 0 Å². The zero-order chi connectivity index (χ0) is 13.9. The van der Waals surface area contributed by atoms with Crippen LogP contribution in [0.3, 0.4) is 0 Å². The lowest BCUT2D eigenvalue weighted by atomic mass is 10.4. The first-order chi connectivity index (χ1) is 9.15. The lowest BCUT2D eigenvalue weighted by molar-refractivity contribution is 0.949. The molecule has 2 heterocycles. The number of anilines is 1. The van der Waals surface area contributed by atoms with Crippen LogP contribution in [0.4, 0.5) is 5.69 Å². The summed E-state index contributed by atoms with van der Waals surface area (Å²) >= 11 is 2.39. The SMILES string of the molecule is CC[Si](CC)(CC)c1cc(N2CCCC2)cc(I)n1. The summed E-state index contributed by atoms with van der Waals surface area (Å²) in [4.78, 5) is 7.45. The van der Waals surface area contributed by atoms with E-state index in [-0.39, 0.29) is 0 Å². The molecule has 0 bridgehead atoms. The molecule has 1 aromatic rings. The third-order valence-corrected chi connectivity index (χ3v) is 10.8. The van der Waals surface area contributed by atoms with Crippen LogP contribution in [0.25, 0.3) is 0 Å². The van der Waals surface area contributed by atoms with Gasteiger partial charge in [0.25, 0.3) is 0 Å². The van der Waals surface area contributed by atoms with Crippen LogP contribution in [0.2, 0.25) is 18.1 Å². The average molecular weight is 388 g/mol. The Balaban J connectivity index is 2.40. The van der Waals surface area contributed by atoms with E-state index in [1.54, 1.807) is 0 Å². The molecule has 0 unspecified atom stereocenters. The summed E-state index contributed by atoms with van der Waals surface area (Å²) in [6, 6.07) is 8.61. The molecule has 1 aliphatic heterocycles. The van der Waals surface area contributed by atoms with Gasteiger partial charge in [0, 0.05) is 24.1 Å². The Kier molecular flexibility index (Phi) is 5.28. The van der Waals surface area contributed by atoms with E-state index in [4.69, 9.17) is 4.98 Å². The maximum absolute atomic E-state index is 4.91. The van der Waals surface area contributed by atoms with Gasteiger partial charge < -0.3 is 4.90 Å². The Hall–Kier alpha value is -0.103. The molecule has 2 rings (SSSR count). The minimum absolute atomic E-state index is 1.17. The summed E-state index contributed by atoms with van der Waals surface area (Å²) in [5.74, 6) is 0. The normalized spacial score (nSPS) is 16.1. The Morgan fingerprint density at radius 1 is 1.11 bits per heavy atom. The molecule has 1 aliphatic rings. The van der Waals surface area contributed by atoms with Crippen molar-refractivity contribution in [2.45, 2.75) is 51.7 Å². The number of pyridine rings is 1. The molecule has 2 nitrogen and oxygen atoms in total. The van der Waals surface area contributed by atoms with E-state index in [9.17, 15) is 0 Å². The largest absolute Gasteiger partial charge is 0.371 e. The number of hydrogen-bond acceptors (Lipinski definition) is 2. The minimum atomic E-state index is -1.35. The predicted octanol–water partition coefficient (Wildman–Crippen LogP) is 4.00. The molecule has 4 heteroatoms. The summed E-state index contributed by atoms with van der Waals surface area (Å²) in [7, 11) is -1.35. The smallest absolute Gasteiger partial charge is 0.110 e. The van der Waals surface area contributed by atoms with Crippen LogP contribution in [0, 0.1) is 3.70 Å². The summed E-state index contributed by atoms with van der Waals surface area (Å²) in [5, 5.41) is 1.44. The van der Waals surface area contributed by atoms with Crippen LogP contribution in [-0.2, 0) is 0 Å². The van der Waals surface area contributed by atoms with Gasteiger partial charge in [0.05, 0.1) is 0 Å². The van der Waals surface area contributed by atoms with Crippen molar-refractivity contribution >= 4 is 41.7 Å². The van der Waals surface area contributed by atoms with Gasteiger partial charge in [-0.2, -0.15) is 0 Å². The second kappa shape index (κ2) is 6.57. The Bertz CT molecular complexity index is 418. The van der Waals surface area contributed by atoms with Crippen molar-refractivity contribution in [1.29, 1.82) is 0 Å². The molecule has 106 valence electrons. The molecule has 0 aromatic carbocycles. The van der Waals surface area contributed by atoms with Gasteiger partial charge in [-0.05, 0) is 47.6 Å². The molecule has 0 atom stereocenters. The highest BCUT2D eigenvalue weighted by molar-refractivity contribution is 14.1. The van der Waals surface area contributed by atoms with Gasteiger partial charge in [-0.3, -0.25) is 4.98 Å². The van der Waals surface area contributed by atoms with Crippen molar-refractivity contribution in [1.82, 2.24) is 4.98 Å². The standard InChI is InChI=1S/C15H25IN2Si/c1-4-19(5-2,6-3)15-12-13(11-14(16)17-15)18-9-7-8-10-18/h11-12H,4-10H2,1-3H3. The van der Waals surface area contributed by atoms with Crippen LogP contribution < -0.4 is 10.2 Å². The lowest BCUT2D eigenvalue weighted by Gasteiger charge is -2.29. The van der Waals surface area contributed by atoms with Crippen LogP contribution in [0.15, 0.2) is 12.1 Å². The van der Waals surface area contributed by atoms with Crippen molar-refractivity contribution in [2.24, 2.45) is 0 Å². The fraction of sp³-hybridized carbons (Fsp3) is 0.667. The minimum Gasteiger partial charge on any atom is -0.371 e. The molecule has 0 aliphatic carbocycles. The molecule has 0 amide bonds. The number of aromatic nitrogens is 1. The first-order valence-electron chi connectivity index (χ1n) is 7.58. The zero-order valence-electron chi connectivity index (χ0n) is 12.4. The molecule has 1 aromatic heterocycles. The van der Waals surface area contributed by atoms with Gasteiger partial charge in [-0.1, -0.05) is 38.9 Å². The number of halogens is 1. The molecule has 19 heavy (non-hydrogen) atoms. The van der Waals surface area contributed by atoms with Crippen molar-refractivity contribution in [3.05, 3.63) is 15.8 Å². The fourth-order valence-electron chi connectivity index (χ4n) is 3.21. The molecule has 0 radical (unpaired) electrons. The molecule has 1 fully saturated rings. The summed E-state index contributed by atoms with van der Waals surface area (Å²) in [6.45, 7) is 9.51. The van der Waals surface area contributed by atoms with E-state index in [0.717, 1.165) is 0 Å². The van der Waals surface area contributed by atoms with E-state index >= 15 is 0 Å². The number of hydrogen-bond donors (Lipinski definition) is 0. The Labute approximate surface area is 132 Å². The first-order valence-corrected chi connectivity index (χ1v) is 11.3. The highest BCUT2D eigenvalue weighted by Crippen LogP contribution is 2.25. The second-order valence-electron chi connectivity index (χ2n) is 5.57. The third-order valence-electron chi connectivity index (χ3n) is 4.82. The van der Waals surface area contributed by atoms with Gasteiger partial charge in [-0.15, -0.1) is 0 Å². The summed E-state index contributed by atoms with van der Waals surface area (Å²) < 4.78 is 1.17. The second-order valence-corrected chi connectivity index (χ2v) is 11.9. The lowest BCUT2D eigenvalue weighted by Crippen LogP contribution is -2.48. The van der Waals surface area contributed by atoms with Crippen LogP contribution >= 0.6 is 22.6 Å². The maximum Gasteiger partial charge on any atom is 0.110 e. The Morgan fingerprint density at radius 2 is 1.68 bits per heavy atom. The van der Waals surface area contributed by atoms with Crippen molar-refractivity contribution in [3.63, 3.8) is 0 Å². The van der Waals surface area contributed by atoms with E-state index < -0.39 is 8.07 Å². The van der Waals surface area contributed by atoms with Gasteiger partial charge in [0.15, 0.2) is 0 Å². The predicted molar refractivity (Wildman–Crippen MR) is 95.2 cm³/mol. The van der Waals surface area contributed by atoms with Crippen LogP contribution in [-0.4, -0.2) is 26.1 Å². The quantitative estimate of drug-likeness (QED) is 0.431. The highest BCUT2D eigenvalue weighted by Gasteiger charge is 2.31. The van der Waals surface area contributed by atoms with Crippen molar-refractivity contribution < 1.29 is 0 Å². The molecular weight excluding hydrogens is 363 g/mol. The van der Waals surface area contributed by atoms with Gasteiger partial charge >= 0.3 is 0 Å². The van der Waals surface area contributed by atoms with Crippen LogP contribution in [0.5, 0.6) is 0 Å². The monoisotopic (exact) mass is 388 g/mol.